The van der Waals surface area contributed by atoms with Crippen LogP contribution in [0.2, 0.25) is 5.02 Å². The highest BCUT2D eigenvalue weighted by molar-refractivity contribution is 7.99. The quantitative estimate of drug-likeness (QED) is 0.830. The van der Waals surface area contributed by atoms with E-state index in [-0.39, 0.29) is 11.8 Å². The van der Waals surface area contributed by atoms with E-state index in [0.29, 0.717) is 23.7 Å². The zero-order valence-corrected chi connectivity index (χ0v) is 14.1. The molecule has 0 bridgehead atoms. The molecule has 0 spiro atoms. The zero-order chi connectivity index (χ0) is 15.8. The normalized spacial score (nSPS) is 14.1. The van der Waals surface area contributed by atoms with Crippen molar-refractivity contribution in [1.82, 2.24) is 10.2 Å². The van der Waals surface area contributed by atoms with Crippen molar-refractivity contribution >= 4 is 35.2 Å². The first-order valence-electron chi connectivity index (χ1n) is 7.52. The van der Waals surface area contributed by atoms with Crippen LogP contribution in [0.25, 0.3) is 0 Å². The molecule has 1 heterocycles. The summed E-state index contributed by atoms with van der Waals surface area (Å²) < 4.78 is 0. The highest BCUT2D eigenvalue weighted by Gasteiger charge is 2.17. The average Bonchev–Trinajstić information content (AvgIpc) is 3.01. The van der Waals surface area contributed by atoms with Gasteiger partial charge in [-0.1, -0.05) is 23.7 Å². The molecule has 1 aliphatic rings. The molecular formula is C16H21ClN2O2S. The maximum Gasteiger partial charge on any atom is 0.230 e. The number of nitrogens with one attached hydrogen (secondary N) is 1. The number of benzene rings is 1. The Morgan fingerprint density at radius 1 is 1.27 bits per heavy atom. The van der Waals surface area contributed by atoms with Crippen LogP contribution in [0.4, 0.5) is 0 Å². The molecule has 120 valence electrons. The van der Waals surface area contributed by atoms with Crippen molar-refractivity contribution < 1.29 is 9.59 Å². The summed E-state index contributed by atoms with van der Waals surface area (Å²) in [5.74, 6) is 1.26. The van der Waals surface area contributed by atoms with Crippen molar-refractivity contribution in [2.24, 2.45) is 0 Å². The minimum atomic E-state index is -0.0266. The first-order chi connectivity index (χ1) is 10.6. The molecule has 1 aromatic rings. The number of likely N-dealkylation sites (tertiary alicyclic amines) is 1. The van der Waals surface area contributed by atoms with Crippen LogP contribution in [0.1, 0.15) is 24.8 Å². The third kappa shape index (κ3) is 5.89. The Kier molecular flexibility index (Phi) is 7.06. The Bertz CT molecular complexity index is 519. The maximum atomic E-state index is 11.8. The highest BCUT2D eigenvalue weighted by Crippen LogP contribution is 2.16. The summed E-state index contributed by atoms with van der Waals surface area (Å²) in [5.41, 5.74) is 1.11. The summed E-state index contributed by atoms with van der Waals surface area (Å²) in [6, 6.07) is 7.63. The molecule has 2 amide bonds. The van der Waals surface area contributed by atoms with Crippen molar-refractivity contribution in [3.8, 4) is 0 Å². The number of carbonyl (C=O) groups is 2. The summed E-state index contributed by atoms with van der Waals surface area (Å²) in [5, 5.41) is 3.51. The third-order valence-corrected chi connectivity index (χ3v) is 4.75. The molecule has 2 rings (SSSR count). The minimum absolute atomic E-state index is 0.0266. The van der Waals surface area contributed by atoms with Crippen molar-refractivity contribution in [1.29, 1.82) is 0 Å². The average molecular weight is 341 g/mol. The van der Waals surface area contributed by atoms with E-state index in [4.69, 9.17) is 11.6 Å². The summed E-state index contributed by atoms with van der Waals surface area (Å²) in [6.07, 6.45) is 2.58. The van der Waals surface area contributed by atoms with Crippen LogP contribution < -0.4 is 5.32 Å². The minimum Gasteiger partial charge on any atom is -0.355 e. The molecule has 0 saturated carbocycles. The van der Waals surface area contributed by atoms with Gasteiger partial charge in [0.2, 0.25) is 11.8 Å². The molecule has 22 heavy (non-hydrogen) atoms. The summed E-state index contributed by atoms with van der Waals surface area (Å²) in [7, 11) is 0. The number of thioether (sulfide) groups is 1. The van der Waals surface area contributed by atoms with Gasteiger partial charge in [0.25, 0.3) is 0 Å². The van der Waals surface area contributed by atoms with Crippen LogP contribution in [0.3, 0.4) is 0 Å². The molecule has 1 aromatic carbocycles. The van der Waals surface area contributed by atoms with E-state index >= 15 is 0 Å². The number of hydrogen-bond acceptors (Lipinski definition) is 3. The largest absolute Gasteiger partial charge is 0.355 e. The molecule has 1 fully saturated rings. The molecule has 0 aliphatic carbocycles. The topological polar surface area (TPSA) is 49.4 Å². The summed E-state index contributed by atoms with van der Waals surface area (Å²) in [6.45, 7) is 2.15. The van der Waals surface area contributed by atoms with Crippen LogP contribution >= 0.6 is 23.4 Å². The van der Waals surface area contributed by atoms with Crippen molar-refractivity contribution in [2.75, 3.05) is 25.4 Å². The Morgan fingerprint density at radius 2 is 2.05 bits per heavy atom. The SMILES string of the molecule is O=C(CSCc1cccc(Cl)c1)NCCC(=O)N1CCCC1. The van der Waals surface area contributed by atoms with Crippen molar-refractivity contribution in [2.45, 2.75) is 25.0 Å². The lowest BCUT2D eigenvalue weighted by Gasteiger charge is -2.15. The standard InChI is InChI=1S/C16H21ClN2O2S/c17-14-5-3-4-13(10-14)11-22-12-15(20)18-7-6-16(21)19-8-1-2-9-19/h3-5,10H,1-2,6-9,11-12H2,(H,18,20). The molecule has 1 saturated heterocycles. The van der Waals surface area contributed by atoms with Crippen LogP contribution in [0.15, 0.2) is 24.3 Å². The van der Waals surface area contributed by atoms with E-state index in [2.05, 4.69) is 5.32 Å². The first-order valence-corrected chi connectivity index (χ1v) is 9.05. The number of hydrogen-bond donors (Lipinski definition) is 1. The second-order valence-electron chi connectivity index (χ2n) is 5.31. The molecular weight excluding hydrogens is 320 g/mol. The van der Waals surface area contributed by atoms with Gasteiger partial charge in [0, 0.05) is 36.8 Å². The fourth-order valence-electron chi connectivity index (χ4n) is 2.37. The van der Waals surface area contributed by atoms with E-state index in [0.717, 1.165) is 37.2 Å². The number of rotatable bonds is 7. The fraction of sp³-hybridized carbons (Fsp3) is 0.500. The molecule has 0 unspecified atom stereocenters. The predicted octanol–water partition coefficient (Wildman–Crippen LogP) is 2.70. The molecule has 0 radical (unpaired) electrons. The van der Waals surface area contributed by atoms with Gasteiger partial charge in [0.05, 0.1) is 5.75 Å². The lowest BCUT2D eigenvalue weighted by molar-refractivity contribution is -0.130. The molecule has 1 N–H and O–H groups in total. The van der Waals surface area contributed by atoms with Gasteiger partial charge >= 0.3 is 0 Å². The van der Waals surface area contributed by atoms with Gasteiger partial charge in [-0.15, -0.1) is 11.8 Å². The van der Waals surface area contributed by atoms with Crippen molar-refractivity contribution in [3.63, 3.8) is 0 Å². The van der Waals surface area contributed by atoms with Crippen LogP contribution in [0, 0.1) is 0 Å². The monoisotopic (exact) mass is 340 g/mol. The van der Waals surface area contributed by atoms with E-state index < -0.39 is 0 Å². The van der Waals surface area contributed by atoms with Gasteiger partial charge < -0.3 is 10.2 Å². The molecule has 4 nitrogen and oxygen atoms in total. The van der Waals surface area contributed by atoms with Crippen LogP contribution in [-0.2, 0) is 15.3 Å². The van der Waals surface area contributed by atoms with Gasteiger partial charge in [-0.3, -0.25) is 9.59 Å². The van der Waals surface area contributed by atoms with Gasteiger partial charge in [-0.25, -0.2) is 0 Å². The first kappa shape index (κ1) is 17.2. The van der Waals surface area contributed by atoms with Crippen molar-refractivity contribution in [3.05, 3.63) is 34.9 Å². The molecule has 0 atom stereocenters. The summed E-state index contributed by atoms with van der Waals surface area (Å²) in [4.78, 5) is 25.4. The zero-order valence-electron chi connectivity index (χ0n) is 12.5. The molecule has 1 aliphatic heterocycles. The Balaban J connectivity index is 1.57. The van der Waals surface area contributed by atoms with Gasteiger partial charge in [-0.2, -0.15) is 0 Å². The van der Waals surface area contributed by atoms with E-state index in [9.17, 15) is 9.59 Å². The lowest BCUT2D eigenvalue weighted by atomic mass is 10.2. The number of carbonyl (C=O) groups excluding carboxylic acids is 2. The fourth-order valence-corrected chi connectivity index (χ4v) is 3.39. The highest BCUT2D eigenvalue weighted by atomic mass is 35.5. The number of nitrogens with zero attached hydrogens (tertiary/aromatic N) is 1. The van der Waals surface area contributed by atoms with E-state index in [1.54, 1.807) is 11.8 Å². The van der Waals surface area contributed by atoms with Crippen LogP contribution in [-0.4, -0.2) is 42.1 Å². The lowest BCUT2D eigenvalue weighted by Crippen LogP contribution is -2.33. The number of halogens is 1. The summed E-state index contributed by atoms with van der Waals surface area (Å²) >= 11 is 7.46. The Morgan fingerprint density at radius 3 is 2.77 bits per heavy atom. The number of amides is 2. The maximum absolute atomic E-state index is 11.8. The van der Waals surface area contributed by atoms with Crippen LogP contribution in [0.5, 0.6) is 0 Å². The van der Waals surface area contributed by atoms with E-state index in [1.807, 2.05) is 29.2 Å². The third-order valence-electron chi connectivity index (χ3n) is 3.51. The smallest absolute Gasteiger partial charge is 0.230 e. The van der Waals surface area contributed by atoms with Gasteiger partial charge in [0.1, 0.15) is 0 Å². The Labute approximate surface area is 140 Å². The van der Waals surface area contributed by atoms with Gasteiger partial charge in [0.15, 0.2) is 0 Å². The molecule has 0 aromatic heterocycles. The Hall–Kier alpha value is -1.20. The van der Waals surface area contributed by atoms with E-state index in [1.165, 1.54) is 0 Å². The second-order valence-corrected chi connectivity index (χ2v) is 6.73. The second kappa shape index (κ2) is 9.06. The van der Waals surface area contributed by atoms with Gasteiger partial charge in [-0.05, 0) is 30.5 Å². The molecule has 6 heteroatoms. The predicted molar refractivity (Wildman–Crippen MR) is 91.1 cm³/mol.